The lowest BCUT2D eigenvalue weighted by Gasteiger charge is -2.05. The van der Waals surface area contributed by atoms with E-state index >= 15 is 0 Å². The standard InChI is InChI=1S/C12H25N/c1-4-6-11-9-12(11)13-8-5-7-10(2)3/h10-13H,4-9H2,1-3H3. The van der Waals surface area contributed by atoms with Gasteiger partial charge in [0.25, 0.3) is 0 Å². The maximum absolute atomic E-state index is 3.65. The highest BCUT2D eigenvalue weighted by atomic mass is 15.0. The maximum atomic E-state index is 3.65. The third-order valence-electron chi connectivity index (χ3n) is 2.95. The Morgan fingerprint density at radius 2 is 2.15 bits per heavy atom. The van der Waals surface area contributed by atoms with Gasteiger partial charge in [0.15, 0.2) is 0 Å². The summed E-state index contributed by atoms with van der Waals surface area (Å²) in [6, 6.07) is 0.882. The van der Waals surface area contributed by atoms with Crippen molar-refractivity contribution in [3.8, 4) is 0 Å². The molecule has 0 amide bonds. The second-order valence-electron chi connectivity index (χ2n) is 4.88. The Hall–Kier alpha value is -0.0400. The van der Waals surface area contributed by atoms with Gasteiger partial charge in [-0.15, -0.1) is 0 Å². The Kier molecular flexibility index (Phi) is 4.79. The maximum Gasteiger partial charge on any atom is 0.00991 e. The highest BCUT2D eigenvalue weighted by Gasteiger charge is 2.34. The minimum atomic E-state index is 0.868. The summed E-state index contributed by atoms with van der Waals surface area (Å²) in [6.07, 6.45) is 6.96. The quantitative estimate of drug-likeness (QED) is 0.598. The molecule has 13 heavy (non-hydrogen) atoms. The van der Waals surface area contributed by atoms with E-state index in [9.17, 15) is 0 Å². The smallest absolute Gasteiger partial charge is 0.00991 e. The summed E-state index contributed by atoms with van der Waals surface area (Å²) in [4.78, 5) is 0. The molecule has 2 unspecified atom stereocenters. The Labute approximate surface area is 83.3 Å². The van der Waals surface area contributed by atoms with Crippen molar-refractivity contribution < 1.29 is 0 Å². The molecule has 0 saturated heterocycles. The molecular formula is C12H25N. The molecule has 0 radical (unpaired) electrons. The molecular weight excluding hydrogens is 158 g/mol. The van der Waals surface area contributed by atoms with Crippen molar-refractivity contribution in [3.05, 3.63) is 0 Å². The number of nitrogens with one attached hydrogen (secondary N) is 1. The van der Waals surface area contributed by atoms with Gasteiger partial charge in [-0.1, -0.05) is 27.2 Å². The lowest BCUT2D eigenvalue weighted by atomic mass is 10.1. The van der Waals surface area contributed by atoms with Crippen LogP contribution < -0.4 is 5.32 Å². The van der Waals surface area contributed by atoms with Crippen LogP contribution in [0.25, 0.3) is 0 Å². The van der Waals surface area contributed by atoms with Crippen LogP contribution in [0.2, 0.25) is 0 Å². The fourth-order valence-electron chi connectivity index (χ4n) is 1.99. The van der Waals surface area contributed by atoms with Crippen LogP contribution in [0.4, 0.5) is 0 Å². The van der Waals surface area contributed by atoms with Crippen molar-refractivity contribution in [2.24, 2.45) is 11.8 Å². The molecule has 2 atom stereocenters. The van der Waals surface area contributed by atoms with Gasteiger partial charge in [0.05, 0.1) is 0 Å². The first kappa shape index (κ1) is 11.0. The minimum absolute atomic E-state index is 0.868. The zero-order valence-corrected chi connectivity index (χ0v) is 9.47. The average Bonchev–Trinajstić information content (AvgIpc) is 2.78. The number of hydrogen-bond donors (Lipinski definition) is 1. The summed E-state index contributed by atoms with van der Waals surface area (Å²) >= 11 is 0. The fraction of sp³-hybridized carbons (Fsp3) is 1.00. The molecule has 0 spiro atoms. The third kappa shape index (κ3) is 4.66. The van der Waals surface area contributed by atoms with Crippen molar-refractivity contribution in [3.63, 3.8) is 0 Å². The van der Waals surface area contributed by atoms with Crippen LogP contribution in [0, 0.1) is 11.8 Å². The van der Waals surface area contributed by atoms with E-state index in [0.29, 0.717) is 0 Å². The van der Waals surface area contributed by atoms with Crippen molar-refractivity contribution in [2.45, 2.75) is 58.9 Å². The topological polar surface area (TPSA) is 12.0 Å². The van der Waals surface area contributed by atoms with Gasteiger partial charge in [-0.2, -0.15) is 0 Å². The SMILES string of the molecule is CCCC1CC1NCCCC(C)C. The van der Waals surface area contributed by atoms with E-state index < -0.39 is 0 Å². The minimum Gasteiger partial charge on any atom is -0.314 e. The summed E-state index contributed by atoms with van der Waals surface area (Å²) in [5, 5.41) is 3.65. The van der Waals surface area contributed by atoms with Crippen LogP contribution >= 0.6 is 0 Å². The first-order chi connectivity index (χ1) is 6.24. The Bertz CT molecular complexity index is 131. The molecule has 0 aromatic carbocycles. The van der Waals surface area contributed by atoms with E-state index in [4.69, 9.17) is 0 Å². The van der Waals surface area contributed by atoms with Crippen LogP contribution in [-0.4, -0.2) is 12.6 Å². The van der Waals surface area contributed by atoms with Crippen molar-refractivity contribution in [2.75, 3.05) is 6.54 Å². The monoisotopic (exact) mass is 183 g/mol. The molecule has 1 aliphatic rings. The van der Waals surface area contributed by atoms with Crippen molar-refractivity contribution in [1.29, 1.82) is 0 Å². The largest absolute Gasteiger partial charge is 0.314 e. The molecule has 1 nitrogen and oxygen atoms in total. The zero-order valence-electron chi connectivity index (χ0n) is 9.47. The second kappa shape index (κ2) is 5.64. The van der Waals surface area contributed by atoms with Gasteiger partial charge in [-0.05, 0) is 44.1 Å². The van der Waals surface area contributed by atoms with Crippen molar-refractivity contribution >= 4 is 0 Å². The normalized spacial score (nSPS) is 26.8. The molecule has 1 N–H and O–H groups in total. The zero-order chi connectivity index (χ0) is 9.68. The predicted molar refractivity (Wildman–Crippen MR) is 58.9 cm³/mol. The molecule has 1 fully saturated rings. The molecule has 0 aliphatic heterocycles. The molecule has 0 bridgehead atoms. The predicted octanol–water partition coefficient (Wildman–Crippen LogP) is 3.20. The van der Waals surface area contributed by atoms with Crippen LogP contribution in [0.5, 0.6) is 0 Å². The van der Waals surface area contributed by atoms with Crippen LogP contribution in [-0.2, 0) is 0 Å². The molecule has 1 rings (SSSR count). The van der Waals surface area contributed by atoms with Gasteiger partial charge < -0.3 is 5.32 Å². The van der Waals surface area contributed by atoms with Gasteiger partial charge in [-0.3, -0.25) is 0 Å². The molecule has 0 aromatic heterocycles. The molecule has 0 aromatic rings. The number of hydrogen-bond acceptors (Lipinski definition) is 1. The Balaban J connectivity index is 1.85. The second-order valence-corrected chi connectivity index (χ2v) is 4.88. The summed E-state index contributed by atoms with van der Waals surface area (Å²) in [7, 11) is 0. The Morgan fingerprint density at radius 3 is 2.77 bits per heavy atom. The lowest BCUT2D eigenvalue weighted by Crippen LogP contribution is -2.19. The number of rotatable bonds is 7. The molecule has 78 valence electrons. The van der Waals surface area contributed by atoms with E-state index in [0.717, 1.165) is 17.9 Å². The molecule has 1 heteroatoms. The lowest BCUT2D eigenvalue weighted by molar-refractivity contribution is 0.514. The Morgan fingerprint density at radius 1 is 1.38 bits per heavy atom. The van der Waals surface area contributed by atoms with Crippen LogP contribution in [0.3, 0.4) is 0 Å². The van der Waals surface area contributed by atoms with E-state index in [2.05, 4.69) is 26.1 Å². The first-order valence-electron chi connectivity index (χ1n) is 5.97. The van der Waals surface area contributed by atoms with E-state index in [1.807, 2.05) is 0 Å². The first-order valence-corrected chi connectivity index (χ1v) is 5.97. The van der Waals surface area contributed by atoms with Gasteiger partial charge in [0.2, 0.25) is 0 Å². The van der Waals surface area contributed by atoms with Crippen molar-refractivity contribution in [1.82, 2.24) is 5.32 Å². The molecule has 0 heterocycles. The van der Waals surface area contributed by atoms with E-state index in [-0.39, 0.29) is 0 Å². The van der Waals surface area contributed by atoms with Gasteiger partial charge in [0.1, 0.15) is 0 Å². The molecule has 1 aliphatic carbocycles. The summed E-state index contributed by atoms with van der Waals surface area (Å²) in [6.45, 7) is 8.13. The van der Waals surface area contributed by atoms with Crippen LogP contribution in [0.15, 0.2) is 0 Å². The van der Waals surface area contributed by atoms with Gasteiger partial charge in [0, 0.05) is 6.04 Å². The average molecular weight is 183 g/mol. The summed E-state index contributed by atoms with van der Waals surface area (Å²) < 4.78 is 0. The van der Waals surface area contributed by atoms with E-state index in [1.165, 1.54) is 38.6 Å². The van der Waals surface area contributed by atoms with Gasteiger partial charge in [-0.25, -0.2) is 0 Å². The highest BCUT2D eigenvalue weighted by Crippen LogP contribution is 2.34. The van der Waals surface area contributed by atoms with E-state index in [1.54, 1.807) is 0 Å². The summed E-state index contributed by atoms with van der Waals surface area (Å²) in [5.74, 6) is 1.89. The summed E-state index contributed by atoms with van der Waals surface area (Å²) in [5.41, 5.74) is 0. The molecule has 1 saturated carbocycles. The third-order valence-corrected chi connectivity index (χ3v) is 2.95. The fourth-order valence-corrected chi connectivity index (χ4v) is 1.99. The highest BCUT2D eigenvalue weighted by molar-refractivity contribution is 4.92. The van der Waals surface area contributed by atoms with Gasteiger partial charge >= 0.3 is 0 Å². The van der Waals surface area contributed by atoms with Crippen LogP contribution in [0.1, 0.15) is 52.9 Å².